The van der Waals surface area contributed by atoms with E-state index in [1.54, 1.807) is 7.11 Å². The molecule has 3 fully saturated rings. The molecule has 0 saturated carbocycles. The minimum Gasteiger partial charge on any atom is -0.384 e. The molecule has 9 N–H and O–H groups in total. The summed E-state index contributed by atoms with van der Waals surface area (Å²) in [5.41, 5.74) is 17.1. The number of nitrogens with two attached hydrogens (primary N) is 2. The van der Waals surface area contributed by atoms with Crippen molar-refractivity contribution in [1.29, 1.82) is 0 Å². The van der Waals surface area contributed by atoms with Gasteiger partial charge in [0.15, 0.2) is 0 Å². The topological polar surface area (TPSA) is 180 Å². The van der Waals surface area contributed by atoms with Gasteiger partial charge >= 0.3 is 0 Å². The second kappa shape index (κ2) is 12.1. The van der Waals surface area contributed by atoms with Crippen LogP contribution in [0.1, 0.15) is 51.4 Å². The number of hydrogen-bond donors (Lipinski definition) is 7. The molecular weight excluding hydrogens is 414 g/mol. The first-order valence-corrected chi connectivity index (χ1v) is 11.5. The minimum atomic E-state index is -0.651. The van der Waals surface area contributed by atoms with Crippen molar-refractivity contribution >= 4 is 23.5 Å². The summed E-state index contributed by atoms with van der Waals surface area (Å²) in [5.74, 6) is -0.0179. The Kier molecular flexibility index (Phi) is 9.21. The average molecular weight is 452 g/mol. The van der Waals surface area contributed by atoms with Crippen LogP contribution in [0.15, 0.2) is 10.2 Å². The Hall–Kier alpha value is -2.28. The first-order chi connectivity index (χ1) is 15.5. The summed E-state index contributed by atoms with van der Waals surface area (Å²) in [6, 6.07) is -1.37. The second-order valence-corrected chi connectivity index (χ2v) is 8.63. The van der Waals surface area contributed by atoms with Crippen molar-refractivity contribution in [3.63, 3.8) is 0 Å². The van der Waals surface area contributed by atoms with Crippen LogP contribution in [-0.2, 0) is 14.3 Å². The molecule has 0 bridgehead atoms. The maximum atomic E-state index is 12.7. The van der Waals surface area contributed by atoms with Crippen LogP contribution in [0, 0.1) is 0 Å². The quantitative estimate of drug-likeness (QED) is 0.134. The number of hydrazone groups is 2. The summed E-state index contributed by atoms with van der Waals surface area (Å²) >= 11 is 0. The first-order valence-electron chi connectivity index (χ1n) is 11.5. The summed E-state index contributed by atoms with van der Waals surface area (Å²) < 4.78 is 5.45. The number of piperidine rings is 3. The molecule has 0 aromatic heterocycles. The molecule has 12 nitrogen and oxygen atoms in total. The number of rotatable bonds is 7. The minimum absolute atomic E-state index is 0.0319. The van der Waals surface area contributed by atoms with E-state index < -0.39 is 12.1 Å². The molecule has 12 heteroatoms. The largest absolute Gasteiger partial charge is 0.384 e. The lowest BCUT2D eigenvalue weighted by Crippen LogP contribution is -2.58. The van der Waals surface area contributed by atoms with Gasteiger partial charge in [0.1, 0.15) is 11.7 Å². The summed E-state index contributed by atoms with van der Waals surface area (Å²) in [6.45, 7) is 1.77. The van der Waals surface area contributed by atoms with E-state index >= 15 is 0 Å². The Labute approximate surface area is 188 Å². The zero-order valence-corrected chi connectivity index (χ0v) is 18.7. The summed E-state index contributed by atoms with van der Waals surface area (Å²) in [4.78, 5) is 25.4. The van der Waals surface area contributed by atoms with Crippen LogP contribution in [0.3, 0.4) is 0 Å². The third-order valence-corrected chi connectivity index (χ3v) is 6.29. The van der Waals surface area contributed by atoms with Crippen LogP contribution in [0.4, 0.5) is 0 Å². The van der Waals surface area contributed by atoms with Crippen molar-refractivity contribution in [1.82, 2.24) is 26.8 Å². The predicted molar refractivity (Wildman–Crippen MR) is 122 cm³/mol. The van der Waals surface area contributed by atoms with Crippen molar-refractivity contribution in [2.24, 2.45) is 21.7 Å². The van der Waals surface area contributed by atoms with Crippen LogP contribution in [0.25, 0.3) is 0 Å². The number of methoxy groups -OCH3 is 1. The molecule has 2 amide bonds. The fourth-order valence-corrected chi connectivity index (χ4v) is 4.32. The number of nitrogens with zero attached hydrogens (tertiary/aromatic N) is 2. The summed E-state index contributed by atoms with van der Waals surface area (Å²) in [5, 5.41) is 17.8. The second-order valence-electron chi connectivity index (χ2n) is 8.63. The third kappa shape index (κ3) is 6.86. The molecule has 3 saturated heterocycles. The van der Waals surface area contributed by atoms with Crippen LogP contribution in [0.5, 0.6) is 0 Å². The fourth-order valence-electron chi connectivity index (χ4n) is 4.32. The van der Waals surface area contributed by atoms with Crippen molar-refractivity contribution in [2.45, 2.75) is 81.6 Å². The number of carbonyl (C=O) groups is 2. The van der Waals surface area contributed by atoms with Gasteiger partial charge in [0, 0.05) is 7.11 Å². The lowest BCUT2D eigenvalue weighted by atomic mass is 9.95. The highest BCUT2D eigenvalue weighted by atomic mass is 16.5. The van der Waals surface area contributed by atoms with E-state index in [4.69, 9.17) is 16.2 Å². The molecule has 180 valence electrons. The fraction of sp³-hybridized carbons (Fsp3) is 0.800. The lowest BCUT2D eigenvalue weighted by molar-refractivity contribution is -0.129. The van der Waals surface area contributed by atoms with Gasteiger partial charge < -0.3 is 26.8 Å². The highest BCUT2D eigenvalue weighted by Crippen LogP contribution is 2.17. The smallest absolute Gasteiger partial charge is 0.257 e. The van der Waals surface area contributed by atoms with Crippen LogP contribution in [0.2, 0.25) is 0 Å². The molecule has 32 heavy (non-hydrogen) atoms. The highest BCUT2D eigenvalue weighted by Gasteiger charge is 2.36. The summed E-state index contributed by atoms with van der Waals surface area (Å²) in [6.07, 6.45) is 6.71. The maximum absolute atomic E-state index is 12.7. The van der Waals surface area contributed by atoms with E-state index in [1.165, 1.54) is 0 Å². The molecule has 3 rings (SSSR count). The Morgan fingerprint density at radius 3 is 1.66 bits per heavy atom. The number of hydrogen-bond acceptors (Lipinski definition) is 8. The van der Waals surface area contributed by atoms with Crippen LogP contribution < -0.4 is 38.3 Å². The van der Waals surface area contributed by atoms with Gasteiger partial charge in [-0.15, -0.1) is 0 Å². The normalized spacial score (nSPS) is 32.2. The zero-order chi connectivity index (χ0) is 22.9. The Morgan fingerprint density at radius 2 is 1.28 bits per heavy atom. The molecule has 0 aliphatic carbocycles. The van der Waals surface area contributed by atoms with E-state index in [-0.39, 0.29) is 30.0 Å². The highest BCUT2D eigenvalue weighted by molar-refractivity contribution is 5.90. The predicted octanol–water partition coefficient (Wildman–Crippen LogP) is -1.82. The van der Waals surface area contributed by atoms with Gasteiger partial charge in [-0.2, -0.15) is 10.2 Å². The average Bonchev–Trinajstić information content (AvgIpc) is 2.86. The van der Waals surface area contributed by atoms with Crippen LogP contribution >= 0.6 is 0 Å². The number of nitrogens with one attached hydrogen (secondary N) is 5. The van der Waals surface area contributed by atoms with Gasteiger partial charge in [-0.05, 0) is 51.6 Å². The van der Waals surface area contributed by atoms with E-state index in [2.05, 4.69) is 37.0 Å². The molecule has 3 aliphatic heterocycles. The maximum Gasteiger partial charge on any atom is 0.257 e. The van der Waals surface area contributed by atoms with Crippen molar-refractivity contribution in [3.8, 4) is 0 Å². The Balaban J connectivity index is 1.54. The van der Waals surface area contributed by atoms with Crippen molar-refractivity contribution in [3.05, 3.63) is 0 Å². The molecule has 4 unspecified atom stereocenters. The number of amides is 2. The van der Waals surface area contributed by atoms with Gasteiger partial charge in [-0.3, -0.25) is 14.9 Å². The first kappa shape index (κ1) is 24.4. The van der Waals surface area contributed by atoms with Gasteiger partial charge in [0.25, 0.3) is 11.8 Å². The molecule has 0 aromatic rings. The molecule has 3 heterocycles. The van der Waals surface area contributed by atoms with E-state index in [0.29, 0.717) is 24.5 Å². The Bertz CT molecular complexity index is 646. The van der Waals surface area contributed by atoms with Crippen molar-refractivity contribution < 1.29 is 14.3 Å². The molecule has 0 aromatic carbocycles. The zero-order valence-electron chi connectivity index (χ0n) is 18.7. The van der Waals surface area contributed by atoms with Gasteiger partial charge in [0.05, 0.1) is 30.3 Å². The third-order valence-electron chi connectivity index (χ3n) is 6.29. The van der Waals surface area contributed by atoms with Gasteiger partial charge in [-0.25, -0.2) is 10.9 Å². The molecule has 0 radical (unpaired) electrons. The molecule has 0 spiro atoms. The number of carbonyl (C=O) groups excluding carboxylic acids is 2. The lowest BCUT2D eigenvalue weighted by Gasteiger charge is -2.33. The number of ether oxygens (including phenoxy) is 1. The molecule has 3 aliphatic rings. The standard InChI is InChI=1S/C20H37N9O3/c1-32-12-10-15(19(30)28-26-17(21)13-6-2-4-8-23-13)25-16(11-12)20(31)29-27-18(22)14-7-3-5-9-24-14/h12-16,23-25H,2-11H2,1H3,(H2,21,26)(H2,22,27)(H,28,30)(H,29,31). The summed E-state index contributed by atoms with van der Waals surface area (Å²) in [7, 11) is 1.57. The van der Waals surface area contributed by atoms with Crippen molar-refractivity contribution in [2.75, 3.05) is 20.2 Å². The molecule has 4 atom stereocenters. The monoisotopic (exact) mass is 451 g/mol. The van der Waals surface area contributed by atoms with E-state index in [9.17, 15) is 9.59 Å². The SMILES string of the molecule is COC1CC(C(=O)NN=C(N)C2CCCCN2)NC(C(=O)NN=C(N)C2CCCCN2)C1. The van der Waals surface area contributed by atoms with Gasteiger partial charge in [0.2, 0.25) is 0 Å². The Morgan fingerprint density at radius 1 is 0.812 bits per heavy atom. The van der Waals surface area contributed by atoms with E-state index in [1.807, 2.05) is 0 Å². The molecular formula is C20H37N9O3. The number of amidine groups is 2. The van der Waals surface area contributed by atoms with E-state index in [0.717, 1.165) is 51.6 Å². The van der Waals surface area contributed by atoms with Crippen LogP contribution in [-0.4, -0.2) is 74.0 Å². The van der Waals surface area contributed by atoms with Gasteiger partial charge in [-0.1, -0.05) is 12.8 Å².